The molecule has 1 aromatic heterocycles. The van der Waals surface area contributed by atoms with Crippen molar-refractivity contribution in [3.8, 4) is 0 Å². The number of rotatable bonds is 2. The Morgan fingerprint density at radius 3 is 3.12 bits per heavy atom. The average molecular weight is 232 g/mol. The van der Waals surface area contributed by atoms with Crippen LogP contribution in [0.2, 0.25) is 5.02 Å². The van der Waals surface area contributed by atoms with Crippen molar-refractivity contribution in [3.05, 3.63) is 52.3 Å². The normalized spacial score (nSPS) is 13.1. The zero-order chi connectivity index (χ0) is 11.0. The van der Waals surface area contributed by atoms with Crippen LogP contribution < -0.4 is 0 Å². The predicted octanol–water partition coefficient (Wildman–Crippen LogP) is 2.52. The van der Waals surface area contributed by atoms with Gasteiger partial charge in [0.2, 0.25) is 0 Å². The molecule has 0 amide bonds. The van der Waals surface area contributed by atoms with Gasteiger partial charge in [0.25, 0.3) is 0 Å². The fourth-order valence-corrected chi connectivity index (χ4v) is 2.05. The van der Waals surface area contributed by atoms with Gasteiger partial charge in [0.15, 0.2) is 0 Å². The van der Waals surface area contributed by atoms with Crippen LogP contribution in [-0.4, -0.2) is 16.0 Å². The van der Waals surface area contributed by atoms with E-state index in [0.29, 0.717) is 6.54 Å². The summed E-state index contributed by atoms with van der Waals surface area (Å²) < 4.78 is 1.93. The van der Waals surface area contributed by atoms with Gasteiger partial charge in [-0.05, 0) is 17.7 Å². The van der Waals surface area contributed by atoms with Crippen LogP contribution in [0.4, 0.5) is 0 Å². The van der Waals surface area contributed by atoms with Crippen molar-refractivity contribution < 1.29 is 0 Å². The van der Waals surface area contributed by atoms with Crippen molar-refractivity contribution in [2.75, 3.05) is 0 Å². The van der Waals surface area contributed by atoms with Crippen LogP contribution in [0.15, 0.2) is 35.5 Å². The lowest BCUT2D eigenvalue weighted by Gasteiger charge is -2.02. The van der Waals surface area contributed by atoms with E-state index in [9.17, 15) is 0 Å². The minimum atomic E-state index is 0.706. The smallest absolute Gasteiger partial charge is 0.0926 e. The Kier molecular flexibility index (Phi) is 2.26. The van der Waals surface area contributed by atoms with Gasteiger partial charge >= 0.3 is 0 Å². The lowest BCUT2D eigenvalue weighted by Crippen LogP contribution is -2.00. The number of hydrogen-bond donors (Lipinski definition) is 0. The molecule has 1 aliphatic rings. The zero-order valence-electron chi connectivity index (χ0n) is 8.60. The second-order valence-electron chi connectivity index (χ2n) is 3.83. The number of nitrogens with zero attached hydrogens (tertiary/aromatic N) is 3. The Hall–Kier alpha value is -1.61. The molecule has 4 heteroatoms. The van der Waals surface area contributed by atoms with Crippen molar-refractivity contribution >= 4 is 17.8 Å². The van der Waals surface area contributed by atoms with Crippen molar-refractivity contribution in [2.24, 2.45) is 4.99 Å². The zero-order valence-corrected chi connectivity index (χ0v) is 9.35. The van der Waals surface area contributed by atoms with Gasteiger partial charge in [-0.15, -0.1) is 0 Å². The van der Waals surface area contributed by atoms with E-state index in [2.05, 4.69) is 10.1 Å². The number of halogens is 1. The third-order valence-corrected chi connectivity index (χ3v) is 2.81. The topological polar surface area (TPSA) is 30.2 Å². The van der Waals surface area contributed by atoms with Crippen molar-refractivity contribution in [3.63, 3.8) is 0 Å². The molecule has 0 saturated carbocycles. The standard InChI is InChI=1S/C12H10ClN3/c13-11-3-1-2-9(4-11)7-16-8-10-5-14-6-12(10)15-16/h1-5,8H,6-7H2. The van der Waals surface area contributed by atoms with E-state index in [-0.39, 0.29) is 0 Å². The third kappa shape index (κ3) is 1.74. The van der Waals surface area contributed by atoms with Gasteiger partial charge in [-0.3, -0.25) is 9.67 Å². The molecular formula is C12H10ClN3. The fourth-order valence-electron chi connectivity index (χ4n) is 1.84. The minimum Gasteiger partial charge on any atom is -0.286 e. The van der Waals surface area contributed by atoms with E-state index in [1.165, 1.54) is 0 Å². The van der Waals surface area contributed by atoms with Gasteiger partial charge in [0.1, 0.15) is 0 Å². The summed E-state index contributed by atoms with van der Waals surface area (Å²) in [4.78, 5) is 4.15. The van der Waals surface area contributed by atoms with Gasteiger partial charge in [0.05, 0.1) is 18.8 Å². The minimum absolute atomic E-state index is 0.706. The van der Waals surface area contributed by atoms with Crippen molar-refractivity contribution in [1.82, 2.24) is 9.78 Å². The van der Waals surface area contributed by atoms with Gasteiger partial charge in [0, 0.05) is 23.0 Å². The third-order valence-electron chi connectivity index (χ3n) is 2.58. The molecule has 1 aliphatic heterocycles. The molecule has 3 rings (SSSR count). The molecule has 0 spiro atoms. The molecule has 16 heavy (non-hydrogen) atoms. The molecule has 2 heterocycles. The second-order valence-corrected chi connectivity index (χ2v) is 4.26. The first kappa shape index (κ1) is 9.60. The lowest BCUT2D eigenvalue weighted by molar-refractivity contribution is 0.672. The molecule has 2 aromatic rings. The molecule has 0 unspecified atom stereocenters. The van der Waals surface area contributed by atoms with Crippen LogP contribution in [0.5, 0.6) is 0 Å². The maximum Gasteiger partial charge on any atom is 0.0926 e. The van der Waals surface area contributed by atoms with E-state index in [1.807, 2.05) is 41.4 Å². The Labute approximate surface area is 98.4 Å². The SMILES string of the molecule is Clc1cccc(Cn2cc3c(n2)CN=C3)c1. The first-order valence-electron chi connectivity index (χ1n) is 5.12. The molecule has 3 nitrogen and oxygen atoms in total. The highest BCUT2D eigenvalue weighted by Gasteiger charge is 2.10. The number of benzene rings is 1. The summed E-state index contributed by atoms with van der Waals surface area (Å²) in [5.41, 5.74) is 3.34. The summed E-state index contributed by atoms with van der Waals surface area (Å²) >= 11 is 5.94. The fraction of sp³-hybridized carbons (Fsp3) is 0.167. The number of fused-ring (bicyclic) bond motifs is 1. The quantitative estimate of drug-likeness (QED) is 0.781. The van der Waals surface area contributed by atoms with Gasteiger partial charge < -0.3 is 0 Å². The molecular weight excluding hydrogens is 222 g/mol. The molecule has 0 atom stereocenters. The molecule has 0 aliphatic carbocycles. The van der Waals surface area contributed by atoms with Crippen molar-refractivity contribution in [1.29, 1.82) is 0 Å². The first-order chi connectivity index (χ1) is 7.81. The number of hydrogen-bond acceptors (Lipinski definition) is 2. The van der Waals surface area contributed by atoms with Gasteiger partial charge in [-0.2, -0.15) is 5.10 Å². The van der Waals surface area contributed by atoms with Crippen LogP contribution in [0.25, 0.3) is 0 Å². The lowest BCUT2D eigenvalue weighted by atomic mass is 10.2. The highest BCUT2D eigenvalue weighted by Crippen LogP contribution is 2.15. The maximum absolute atomic E-state index is 5.94. The summed E-state index contributed by atoms with van der Waals surface area (Å²) in [6, 6.07) is 7.84. The summed E-state index contributed by atoms with van der Waals surface area (Å²) in [7, 11) is 0. The van der Waals surface area contributed by atoms with Gasteiger partial charge in [-0.25, -0.2) is 0 Å². The van der Waals surface area contributed by atoms with E-state index in [4.69, 9.17) is 11.6 Å². The van der Waals surface area contributed by atoms with Crippen LogP contribution in [-0.2, 0) is 13.1 Å². The molecule has 0 saturated heterocycles. The van der Waals surface area contributed by atoms with Crippen LogP contribution in [0, 0.1) is 0 Å². The van der Waals surface area contributed by atoms with E-state index >= 15 is 0 Å². The highest BCUT2D eigenvalue weighted by atomic mass is 35.5. The molecule has 0 fully saturated rings. The van der Waals surface area contributed by atoms with Crippen LogP contribution >= 0.6 is 11.6 Å². The Bertz CT molecular complexity index is 557. The van der Waals surface area contributed by atoms with Gasteiger partial charge in [-0.1, -0.05) is 23.7 Å². The summed E-state index contributed by atoms with van der Waals surface area (Å²) in [5, 5.41) is 5.23. The highest BCUT2D eigenvalue weighted by molar-refractivity contribution is 6.30. The maximum atomic E-state index is 5.94. The first-order valence-corrected chi connectivity index (χ1v) is 5.50. The second kappa shape index (κ2) is 3.76. The molecule has 0 N–H and O–H groups in total. The Morgan fingerprint density at radius 1 is 1.38 bits per heavy atom. The monoisotopic (exact) mass is 231 g/mol. The van der Waals surface area contributed by atoms with E-state index in [0.717, 1.165) is 28.4 Å². The largest absolute Gasteiger partial charge is 0.286 e. The molecule has 0 radical (unpaired) electrons. The Morgan fingerprint density at radius 2 is 2.31 bits per heavy atom. The van der Waals surface area contributed by atoms with E-state index < -0.39 is 0 Å². The molecule has 1 aromatic carbocycles. The molecule has 0 bridgehead atoms. The number of aliphatic imine (C=N–C) groups is 1. The average Bonchev–Trinajstić information content (AvgIpc) is 2.77. The Balaban J connectivity index is 1.86. The van der Waals surface area contributed by atoms with E-state index in [1.54, 1.807) is 0 Å². The summed E-state index contributed by atoms with van der Waals surface area (Å²) in [6.07, 6.45) is 3.89. The predicted molar refractivity (Wildman–Crippen MR) is 64.1 cm³/mol. The summed E-state index contributed by atoms with van der Waals surface area (Å²) in [6.45, 7) is 1.46. The van der Waals surface area contributed by atoms with Crippen LogP contribution in [0.3, 0.4) is 0 Å². The number of aromatic nitrogens is 2. The van der Waals surface area contributed by atoms with Crippen molar-refractivity contribution in [2.45, 2.75) is 13.1 Å². The molecule has 80 valence electrons. The summed E-state index contributed by atoms with van der Waals surface area (Å²) in [5.74, 6) is 0. The van der Waals surface area contributed by atoms with Crippen LogP contribution in [0.1, 0.15) is 16.8 Å².